The molecule has 2 N–H and O–H groups in total. The van der Waals surface area contributed by atoms with Gasteiger partial charge in [-0.25, -0.2) is 9.97 Å². The van der Waals surface area contributed by atoms with Gasteiger partial charge in [0.1, 0.15) is 18.0 Å². The zero-order valence-electron chi connectivity index (χ0n) is 18.6. The van der Waals surface area contributed by atoms with Gasteiger partial charge in [0.2, 0.25) is 5.95 Å². The van der Waals surface area contributed by atoms with Crippen LogP contribution in [0.1, 0.15) is 23.1 Å². The van der Waals surface area contributed by atoms with Crippen molar-refractivity contribution < 1.29 is 14.2 Å². The van der Waals surface area contributed by atoms with E-state index in [1.165, 1.54) is 6.33 Å². The Labute approximate surface area is 197 Å². The van der Waals surface area contributed by atoms with E-state index in [1.807, 2.05) is 66.7 Å². The lowest BCUT2D eigenvalue weighted by Gasteiger charge is -2.33. The normalized spacial score (nSPS) is 20.1. The van der Waals surface area contributed by atoms with Crippen LogP contribution in [0.3, 0.4) is 0 Å². The second kappa shape index (κ2) is 9.61. The number of rotatable bonds is 8. The van der Waals surface area contributed by atoms with Crippen LogP contribution in [0, 0.1) is 17.2 Å². The van der Waals surface area contributed by atoms with Crippen molar-refractivity contribution in [3.63, 3.8) is 0 Å². The van der Waals surface area contributed by atoms with Crippen LogP contribution in [0.2, 0.25) is 0 Å². The zero-order valence-corrected chi connectivity index (χ0v) is 18.6. The van der Waals surface area contributed by atoms with Gasteiger partial charge < -0.3 is 19.9 Å². The Bertz CT molecular complexity index is 1240. The van der Waals surface area contributed by atoms with Gasteiger partial charge in [-0.3, -0.25) is 4.40 Å². The fraction of sp³-hybridized carbons (Fsp3) is 0.269. The van der Waals surface area contributed by atoms with Crippen LogP contribution in [-0.4, -0.2) is 27.3 Å². The number of aromatic nitrogens is 3. The monoisotopic (exact) mass is 455 g/mol. The molecule has 4 aromatic rings. The Balaban J connectivity index is 1.46. The lowest BCUT2D eigenvalue weighted by Crippen LogP contribution is -2.40. The Morgan fingerprint density at radius 1 is 1.06 bits per heavy atom. The van der Waals surface area contributed by atoms with E-state index in [9.17, 15) is 5.26 Å². The summed E-state index contributed by atoms with van der Waals surface area (Å²) in [6.45, 7) is 1.12. The SMILES string of the molecule is N#CC1(c2cc3ncnc(N)n3c2)OCC[C@H]1C(OCc1ccccc1)OCc1ccccc1. The average Bonchev–Trinajstić information content (AvgIpc) is 3.51. The number of anilines is 1. The second-order valence-corrected chi connectivity index (χ2v) is 8.24. The van der Waals surface area contributed by atoms with Crippen molar-refractivity contribution in [3.05, 3.63) is 95.9 Å². The van der Waals surface area contributed by atoms with Gasteiger partial charge in [-0.15, -0.1) is 0 Å². The minimum atomic E-state index is -1.27. The van der Waals surface area contributed by atoms with E-state index in [0.29, 0.717) is 37.5 Å². The Kier molecular flexibility index (Phi) is 6.23. The lowest BCUT2D eigenvalue weighted by atomic mass is 9.83. The van der Waals surface area contributed by atoms with E-state index >= 15 is 0 Å². The summed E-state index contributed by atoms with van der Waals surface area (Å²) in [5.41, 5.74) is 8.04. The molecule has 1 saturated heterocycles. The van der Waals surface area contributed by atoms with Crippen LogP contribution in [0.5, 0.6) is 0 Å². The summed E-state index contributed by atoms with van der Waals surface area (Å²) in [4.78, 5) is 8.30. The number of nitrogen functional groups attached to an aromatic ring is 1. The molecule has 1 unspecified atom stereocenters. The second-order valence-electron chi connectivity index (χ2n) is 8.24. The molecule has 0 amide bonds. The molecule has 3 heterocycles. The first kappa shape index (κ1) is 22.0. The fourth-order valence-corrected chi connectivity index (χ4v) is 4.39. The topological polar surface area (TPSA) is 108 Å². The standard InChI is InChI=1S/C26H25N5O3/c27-17-26(21-13-23-29-18-30-25(28)31(23)14-21)22(11-12-34-26)24(32-15-19-7-3-1-4-8-19)33-16-20-9-5-2-6-10-20/h1-10,13-14,18,22,24H,11-12,15-16H2,(H2,28,29,30)/t22-,26?/m0/s1. The summed E-state index contributed by atoms with van der Waals surface area (Å²) in [5, 5.41) is 10.4. The largest absolute Gasteiger partial charge is 0.369 e. The van der Waals surface area contributed by atoms with Crippen molar-refractivity contribution in [1.82, 2.24) is 14.4 Å². The molecule has 1 fully saturated rings. The van der Waals surface area contributed by atoms with Crippen LogP contribution in [0.25, 0.3) is 5.65 Å². The van der Waals surface area contributed by atoms with Crippen molar-refractivity contribution in [2.45, 2.75) is 31.5 Å². The molecular weight excluding hydrogens is 430 g/mol. The molecule has 0 saturated carbocycles. The molecular formula is C26H25N5O3. The van der Waals surface area contributed by atoms with Gasteiger partial charge in [0.05, 0.1) is 19.1 Å². The molecule has 0 aliphatic carbocycles. The van der Waals surface area contributed by atoms with Gasteiger partial charge in [-0.1, -0.05) is 60.7 Å². The number of hydrogen-bond donors (Lipinski definition) is 1. The van der Waals surface area contributed by atoms with E-state index < -0.39 is 11.9 Å². The third-order valence-electron chi connectivity index (χ3n) is 6.14. The maximum atomic E-state index is 10.4. The van der Waals surface area contributed by atoms with E-state index in [2.05, 4.69) is 16.0 Å². The molecule has 1 aliphatic rings. The van der Waals surface area contributed by atoms with Gasteiger partial charge in [0, 0.05) is 18.4 Å². The average molecular weight is 456 g/mol. The Hall–Kier alpha value is -3.77. The molecule has 2 atom stereocenters. The zero-order chi connectivity index (χ0) is 23.4. The van der Waals surface area contributed by atoms with Gasteiger partial charge in [0.15, 0.2) is 11.9 Å². The van der Waals surface area contributed by atoms with E-state index in [0.717, 1.165) is 11.1 Å². The van der Waals surface area contributed by atoms with E-state index in [4.69, 9.17) is 19.9 Å². The Morgan fingerprint density at radius 2 is 1.71 bits per heavy atom. The van der Waals surface area contributed by atoms with Crippen molar-refractivity contribution in [2.75, 3.05) is 12.3 Å². The number of hydrogen-bond acceptors (Lipinski definition) is 7. The van der Waals surface area contributed by atoms with Gasteiger partial charge in [-0.2, -0.15) is 5.26 Å². The quantitative estimate of drug-likeness (QED) is 0.402. The molecule has 34 heavy (non-hydrogen) atoms. The first-order chi connectivity index (χ1) is 16.7. The summed E-state index contributed by atoms with van der Waals surface area (Å²) < 4.78 is 20.4. The van der Waals surface area contributed by atoms with Gasteiger partial charge in [0.25, 0.3) is 0 Å². The van der Waals surface area contributed by atoms with E-state index in [-0.39, 0.29) is 11.9 Å². The minimum Gasteiger partial charge on any atom is -0.369 e. The highest BCUT2D eigenvalue weighted by molar-refractivity contribution is 5.50. The highest BCUT2D eigenvalue weighted by Gasteiger charge is 2.52. The maximum absolute atomic E-state index is 10.4. The molecule has 2 aromatic carbocycles. The van der Waals surface area contributed by atoms with Crippen LogP contribution in [-0.2, 0) is 33.0 Å². The maximum Gasteiger partial charge on any atom is 0.207 e. The van der Waals surface area contributed by atoms with Crippen molar-refractivity contribution >= 4 is 11.6 Å². The third kappa shape index (κ3) is 4.24. The molecule has 0 spiro atoms. The van der Waals surface area contributed by atoms with Gasteiger partial charge >= 0.3 is 0 Å². The molecule has 172 valence electrons. The smallest absolute Gasteiger partial charge is 0.207 e. The van der Waals surface area contributed by atoms with Crippen molar-refractivity contribution in [1.29, 1.82) is 5.26 Å². The summed E-state index contributed by atoms with van der Waals surface area (Å²) in [5.74, 6) is -0.0763. The summed E-state index contributed by atoms with van der Waals surface area (Å²) in [6, 6.07) is 24.0. The van der Waals surface area contributed by atoms with E-state index in [1.54, 1.807) is 10.6 Å². The molecule has 8 nitrogen and oxygen atoms in total. The summed E-state index contributed by atoms with van der Waals surface area (Å²) in [6.07, 6.45) is 3.09. The minimum absolute atomic E-state index is 0.288. The first-order valence-corrected chi connectivity index (χ1v) is 11.1. The van der Waals surface area contributed by atoms with Crippen molar-refractivity contribution in [2.24, 2.45) is 5.92 Å². The predicted molar refractivity (Wildman–Crippen MR) is 125 cm³/mol. The molecule has 5 rings (SSSR count). The highest BCUT2D eigenvalue weighted by Crippen LogP contribution is 2.44. The fourth-order valence-electron chi connectivity index (χ4n) is 4.39. The lowest BCUT2D eigenvalue weighted by molar-refractivity contribution is -0.204. The molecule has 0 radical (unpaired) electrons. The summed E-state index contributed by atoms with van der Waals surface area (Å²) in [7, 11) is 0. The molecule has 1 aliphatic heterocycles. The first-order valence-electron chi connectivity index (χ1n) is 11.1. The number of ether oxygens (including phenoxy) is 3. The van der Waals surface area contributed by atoms with Crippen LogP contribution >= 0.6 is 0 Å². The number of nitriles is 1. The number of nitrogens with two attached hydrogens (primary N) is 1. The molecule has 2 aromatic heterocycles. The Morgan fingerprint density at radius 3 is 2.29 bits per heavy atom. The molecule has 0 bridgehead atoms. The van der Waals surface area contributed by atoms with Crippen LogP contribution in [0.15, 0.2) is 79.3 Å². The molecule has 8 heteroatoms. The number of fused-ring (bicyclic) bond motifs is 1. The highest BCUT2D eigenvalue weighted by atomic mass is 16.7. The van der Waals surface area contributed by atoms with Crippen LogP contribution < -0.4 is 5.73 Å². The summed E-state index contributed by atoms with van der Waals surface area (Å²) >= 11 is 0. The van der Waals surface area contributed by atoms with Crippen LogP contribution in [0.4, 0.5) is 5.95 Å². The predicted octanol–water partition coefficient (Wildman–Crippen LogP) is 3.83. The van der Waals surface area contributed by atoms with Gasteiger partial charge in [-0.05, 0) is 23.6 Å². The third-order valence-corrected chi connectivity index (χ3v) is 6.14. The number of benzene rings is 2. The number of nitrogens with zero attached hydrogens (tertiary/aromatic N) is 4. The van der Waals surface area contributed by atoms with Crippen molar-refractivity contribution in [3.8, 4) is 6.07 Å².